The van der Waals surface area contributed by atoms with E-state index in [1.165, 1.54) is 4.90 Å². The molecule has 1 amide bonds. The van der Waals surface area contributed by atoms with Crippen molar-refractivity contribution in [2.24, 2.45) is 0 Å². The lowest BCUT2D eigenvalue weighted by atomic mass is 10.0. The predicted octanol–water partition coefficient (Wildman–Crippen LogP) is 1.71. The Labute approximate surface area is 137 Å². The molecule has 2 aromatic rings. The second-order valence-corrected chi connectivity index (χ2v) is 6.31. The number of nitrogens with zero attached hydrogens (tertiary/aromatic N) is 2. The number of rotatable bonds is 4. The van der Waals surface area contributed by atoms with Gasteiger partial charge in [-0.1, -0.05) is 12.1 Å². The molecule has 1 aromatic carbocycles. The van der Waals surface area contributed by atoms with E-state index in [1.54, 1.807) is 18.1 Å². The first-order chi connectivity index (χ1) is 11.1. The molecule has 120 valence electrons. The fourth-order valence-corrected chi connectivity index (χ4v) is 3.15. The Morgan fingerprint density at radius 1 is 1.39 bits per heavy atom. The molecule has 6 nitrogen and oxygen atoms in total. The molecule has 7 heteroatoms. The number of thioether (sulfide) groups is 1. The number of benzene rings is 1. The lowest BCUT2D eigenvalue weighted by Crippen LogP contribution is -2.49. The summed E-state index contributed by atoms with van der Waals surface area (Å²) >= 11 is 1.64. The van der Waals surface area contributed by atoms with Crippen molar-refractivity contribution < 1.29 is 14.7 Å². The molecule has 0 spiro atoms. The van der Waals surface area contributed by atoms with Crippen LogP contribution in [0.4, 0.5) is 0 Å². The molecular formula is C16H17N3O3S. The Morgan fingerprint density at radius 3 is 2.78 bits per heavy atom. The van der Waals surface area contributed by atoms with E-state index in [0.717, 1.165) is 21.8 Å². The maximum absolute atomic E-state index is 12.6. The monoisotopic (exact) mass is 331 g/mol. The van der Waals surface area contributed by atoms with Crippen molar-refractivity contribution in [3.8, 4) is 0 Å². The van der Waals surface area contributed by atoms with Gasteiger partial charge in [0.05, 0.1) is 30.7 Å². The van der Waals surface area contributed by atoms with Crippen LogP contribution in [0.2, 0.25) is 0 Å². The highest BCUT2D eigenvalue weighted by Crippen LogP contribution is 2.22. The van der Waals surface area contributed by atoms with Crippen LogP contribution in [0.25, 0.3) is 0 Å². The van der Waals surface area contributed by atoms with Crippen LogP contribution in [0, 0.1) is 0 Å². The number of fused-ring (bicyclic) bond motifs is 1. The Kier molecular flexibility index (Phi) is 4.38. The quantitative estimate of drug-likeness (QED) is 0.833. The number of amides is 1. The molecule has 1 aliphatic rings. The molecule has 2 heterocycles. The van der Waals surface area contributed by atoms with Crippen molar-refractivity contribution >= 4 is 23.6 Å². The smallest absolute Gasteiger partial charge is 0.326 e. The number of hydrogen-bond donors (Lipinski definition) is 2. The molecule has 0 aliphatic carbocycles. The highest BCUT2D eigenvalue weighted by atomic mass is 32.2. The molecule has 23 heavy (non-hydrogen) atoms. The van der Waals surface area contributed by atoms with Crippen molar-refractivity contribution in [1.82, 2.24) is 14.9 Å². The first-order valence-electron chi connectivity index (χ1n) is 7.25. The summed E-state index contributed by atoms with van der Waals surface area (Å²) in [6.45, 7) is 0.258. The molecule has 0 bridgehead atoms. The zero-order chi connectivity index (χ0) is 16.4. The van der Waals surface area contributed by atoms with E-state index in [-0.39, 0.29) is 25.3 Å². The molecule has 0 saturated heterocycles. The molecule has 0 unspecified atom stereocenters. The van der Waals surface area contributed by atoms with Crippen LogP contribution in [0.15, 0.2) is 35.5 Å². The van der Waals surface area contributed by atoms with E-state index >= 15 is 0 Å². The van der Waals surface area contributed by atoms with Crippen molar-refractivity contribution in [2.45, 2.75) is 30.3 Å². The van der Waals surface area contributed by atoms with Gasteiger partial charge in [0.1, 0.15) is 6.04 Å². The van der Waals surface area contributed by atoms with E-state index in [2.05, 4.69) is 9.97 Å². The number of nitrogens with one attached hydrogen (secondary N) is 1. The molecule has 1 aliphatic heterocycles. The minimum atomic E-state index is -0.996. The first kappa shape index (κ1) is 15.6. The van der Waals surface area contributed by atoms with Crippen LogP contribution in [-0.4, -0.2) is 44.1 Å². The molecule has 3 rings (SSSR count). The van der Waals surface area contributed by atoms with Gasteiger partial charge in [0.25, 0.3) is 0 Å². The summed E-state index contributed by atoms with van der Waals surface area (Å²) in [6.07, 6.45) is 3.97. The molecule has 1 atom stereocenters. The molecule has 0 fully saturated rings. The van der Waals surface area contributed by atoms with E-state index in [0.29, 0.717) is 0 Å². The Bertz CT molecular complexity index is 726. The third-order valence-corrected chi connectivity index (χ3v) is 4.76. The van der Waals surface area contributed by atoms with Gasteiger partial charge in [-0.05, 0) is 24.0 Å². The SMILES string of the molecule is CSc1ccc(CC(=O)N2Cc3[nH]cnc3C[C@H]2C(=O)O)cc1. The van der Waals surface area contributed by atoms with Gasteiger partial charge in [0.15, 0.2) is 0 Å². The summed E-state index contributed by atoms with van der Waals surface area (Å²) in [5.41, 5.74) is 2.42. The average molecular weight is 331 g/mol. The standard InChI is InChI=1S/C16H17N3O3S/c1-23-11-4-2-10(3-5-11)6-15(20)19-8-13-12(17-9-18-13)7-14(19)16(21)22/h2-5,9,14H,6-8H2,1H3,(H,17,18)(H,21,22)/t14-/m0/s1. The third-order valence-electron chi connectivity index (χ3n) is 4.02. The average Bonchev–Trinajstić information content (AvgIpc) is 3.01. The fourth-order valence-electron chi connectivity index (χ4n) is 2.74. The van der Waals surface area contributed by atoms with Crippen LogP contribution >= 0.6 is 11.8 Å². The number of carbonyl (C=O) groups is 2. The van der Waals surface area contributed by atoms with Gasteiger partial charge in [-0.15, -0.1) is 11.8 Å². The zero-order valence-electron chi connectivity index (χ0n) is 12.7. The van der Waals surface area contributed by atoms with Crippen LogP contribution < -0.4 is 0 Å². The number of aromatic nitrogens is 2. The van der Waals surface area contributed by atoms with Crippen LogP contribution in [0.5, 0.6) is 0 Å². The molecular weight excluding hydrogens is 314 g/mol. The van der Waals surface area contributed by atoms with Gasteiger partial charge in [-0.25, -0.2) is 9.78 Å². The van der Waals surface area contributed by atoms with Gasteiger partial charge < -0.3 is 15.0 Å². The van der Waals surface area contributed by atoms with Crippen molar-refractivity contribution in [1.29, 1.82) is 0 Å². The van der Waals surface area contributed by atoms with E-state index in [1.807, 2.05) is 30.5 Å². The Hall–Kier alpha value is -2.28. The van der Waals surface area contributed by atoms with Gasteiger partial charge in [0.2, 0.25) is 5.91 Å². The second-order valence-electron chi connectivity index (χ2n) is 5.43. The number of carboxylic acids is 1. The van der Waals surface area contributed by atoms with E-state index < -0.39 is 12.0 Å². The maximum Gasteiger partial charge on any atom is 0.326 e. The van der Waals surface area contributed by atoms with Crippen LogP contribution in [0.1, 0.15) is 17.0 Å². The van der Waals surface area contributed by atoms with Gasteiger partial charge >= 0.3 is 5.97 Å². The third kappa shape index (κ3) is 3.24. The number of aromatic amines is 1. The molecule has 0 saturated carbocycles. The summed E-state index contributed by atoms with van der Waals surface area (Å²) < 4.78 is 0. The molecule has 2 N–H and O–H groups in total. The fraction of sp³-hybridized carbons (Fsp3) is 0.312. The summed E-state index contributed by atoms with van der Waals surface area (Å²) in [5, 5.41) is 9.42. The van der Waals surface area contributed by atoms with Crippen molar-refractivity contribution in [3.05, 3.63) is 47.5 Å². The summed E-state index contributed by atoms with van der Waals surface area (Å²) in [6, 6.07) is 6.88. The zero-order valence-corrected chi connectivity index (χ0v) is 13.5. The number of carbonyl (C=O) groups excluding carboxylic acids is 1. The predicted molar refractivity (Wildman–Crippen MR) is 86.2 cm³/mol. The van der Waals surface area contributed by atoms with Crippen molar-refractivity contribution in [2.75, 3.05) is 6.26 Å². The minimum Gasteiger partial charge on any atom is -0.480 e. The van der Waals surface area contributed by atoms with Gasteiger partial charge in [0, 0.05) is 11.3 Å². The Balaban J connectivity index is 1.77. The highest BCUT2D eigenvalue weighted by Gasteiger charge is 2.35. The second kappa shape index (κ2) is 6.45. The van der Waals surface area contributed by atoms with Crippen molar-refractivity contribution in [3.63, 3.8) is 0 Å². The van der Waals surface area contributed by atoms with Crippen LogP contribution in [-0.2, 0) is 29.0 Å². The maximum atomic E-state index is 12.6. The largest absolute Gasteiger partial charge is 0.480 e. The lowest BCUT2D eigenvalue weighted by molar-refractivity contribution is -0.151. The minimum absolute atomic E-state index is 0.186. The summed E-state index contributed by atoms with van der Waals surface area (Å²) in [7, 11) is 0. The Morgan fingerprint density at radius 2 is 2.13 bits per heavy atom. The number of hydrogen-bond acceptors (Lipinski definition) is 4. The van der Waals surface area contributed by atoms with Gasteiger partial charge in [-0.2, -0.15) is 0 Å². The highest BCUT2D eigenvalue weighted by molar-refractivity contribution is 7.98. The van der Waals surface area contributed by atoms with Gasteiger partial charge in [-0.3, -0.25) is 4.79 Å². The number of imidazole rings is 1. The molecule has 1 aromatic heterocycles. The summed E-state index contributed by atoms with van der Waals surface area (Å²) in [5.74, 6) is -1.18. The first-order valence-corrected chi connectivity index (χ1v) is 8.47. The van der Waals surface area contributed by atoms with E-state index in [4.69, 9.17) is 0 Å². The lowest BCUT2D eigenvalue weighted by Gasteiger charge is -2.32. The molecule has 0 radical (unpaired) electrons. The van der Waals surface area contributed by atoms with E-state index in [9.17, 15) is 14.7 Å². The van der Waals surface area contributed by atoms with Crippen LogP contribution in [0.3, 0.4) is 0 Å². The normalized spacial score (nSPS) is 16.9. The summed E-state index contributed by atoms with van der Waals surface area (Å²) in [4.78, 5) is 33.8. The topological polar surface area (TPSA) is 86.3 Å². The number of H-pyrrole nitrogens is 1. The number of aliphatic carboxylic acids is 1. The number of carboxylic acid groups (broad SMARTS) is 1.